The van der Waals surface area contributed by atoms with Gasteiger partial charge in [0.1, 0.15) is 11.6 Å². The normalized spacial score (nSPS) is 15.6. The van der Waals surface area contributed by atoms with Crippen molar-refractivity contribution in [1.29, 1.82) is 0 Å². The highest BCUT2D eigenvalue weighted by Gasteiger charge is 2.21. The van der Waals surface area contributed by atoms with Crippen LogP contribution in [0.25, 0.3) is 5.65 Å². The number of aryl methyl sites for hydroxylation is 3. The van der Waals surface area contributed by atoms with Gasteiger partial charge in [-0.05, 0) is 32.9 Å². The fourth-order valence-corrected chi connectivity index (χ4v) is 3.58. The molecule has 7 nitrogen and oxygen atoms in total. The summed E-state index contributed by atoms with van der Waals surface area (Å²) in [7, 11) is 0. The zero-order valence-corrected chi connectivity index (χ0v) is 14.3. The van der Waals surface area contributed by atoms with Crippen LogP contribution in [-0.4, -0.2) is 50.1 Å². The van der Waals surface area contributed by atoms with Crippen molar-refractivity contribution in [3.05, 3.63) is 29.3 Å². The summed E-state index contributed by atoms with van der Waals surface area (Å²) >= 11 is 1.48. The third-order valence-corrected chi connectivity index (χ3v) is 5.18. The molecule has 120 valence electrons. The summed E-state index contributed by atoms with van der Waals surface area (Å²) in [6, 6.07) is 4.11. The molecule has 1 aliphatic rings. The molecule has 0 amide bonds. The largest absolute Gasteiger partial charge is 0.352 e. The molecule has 4 rings (SSSR count). The summed E-state index contributed by atoms with van der Waals surface area (Å²) in [6.45, 7) is 9.76. The SMILES string of the molecule is Cc1nsc(N2CCN(c3ccc4nc(C)c(C)n4n3)CC2)n1. The monoisotopic (exact) mass is 329 g/mol. The Morgan fingerprint density at radius 3 is 2.39 bits per heavy atom. The first-order valence-corrected chi connectivity index (χ1v) is 8.52. The molecule has 0 aromatic carbocycles. The molecular weight excluding hydrogens is 310 g/mol. The van der Waals surface area contributed by atoms with Crippen molar-refractivity contribution in [2.24, 2.45) is 0 Å². The van der Waals surface area contributed by atoms with Gasteiger partial charge in [0, 0.05) is 37.7 Å². The minimum Gasteiger partial charge on any atom is -0.352 e. The Morgan fingerprint density at radius 2 is 1.70 bits per heavy atom. The van der Waals surface area contributed by atoms with Crippen molar-refractivity contribution >= 4 is 28.1 Å². The van der Waals surface area contributed by atoms with Gasteiger partial charge in [0.2, 0.25) is 5.13 Å². The van der Waals surface area contributed by atoms with E-state index in [0.717, 1.165) is 60.0 Å². The molecule has 0 atom stereocenters. The minimum atomic E-state index is 0.852. The van der Waals surface area contributed by atoms with Gasteiger partial charge in [-0.25, -0.2) is 14.5 Å². The predicted octanol–water partition coefficient (Wildman–Crippen LogP) is 1.83. The zero-order chi connectivity index (χ0) is 16.0. The first-order chi connectivity index (χ1) is 11.1. The van der Waals surface area contributed by atoms with E-state index in [4.69, 9.17) is 5.10 Å². The maximum Gasteiger partial charge on any atom is 0.205 e. The lowest BCUT2D eigenvalue weighted by molar-refractivity contribution is 0.639. The summed E-state index contributed by atoms with van der Waals surface area (Å²) in [6.07, 6.45) is 0. The molecule has 0 spiro atoms. The molecule has 0 saturated carbocycles. The maximum absolute atomic E-state index is 4.76. The molecule has 1 fully saturated rings. The van der Waals surface area contributed by atoms with E-state index in [1.807, 2.05) is 24.4 Å². The molecule has 1 saturated heterocycles. The van der Waals surface area contributed by atoms with Gasteiger partial charge in [-0.3, -0.25) is 0 Å². The van der Waals surface area contributed by atoms with E-state index < -0.39 is 0 Å². The molecule has 1 aliphatic heterocycles. The molecule has 3 aromatic rings. The summed E-state index contributed by atoms with van der Waals surface area (Å²) in [4.78, 5) is 13.6. The van der Waals surface area contributed by atoms with Gasteiger partial charge >= 0.3 is 0 Å². The Labute approximate surface area is 138 Å². The number of nitrogens with zero attached hydrogens (tertiary/aromatic N) is 7. The van der Waals surface area contributed by atoms with E-state index in [9.17, 15) is 0 Å². The van der Waals surface area contributed by atoms with Crippen molar-refractivity contribution in [2.45, 2.75) is 20.8 Å². The van der Waals surface area contributed by atoms with Crippen LogP contribution < -0.4 is 9.80 Å². The summed E-state index contributed by atoms with van der Waals surface area (Å²) in [5.41, 5.74) is 3.04. The quantitative estimate of drug-likeness (QED) is 0.715. The summed E-state index contributed by atoms with van der Waals surface area (Å²) < 4.78 is 6.20. The smallest absolute Gasteiger partial charge is 0.205 e. The van der Waals surface area contributed by atoms with E-state index in [-0.39, 0.29) is 0 Å². The number of aromatic nitrogens is 5. The topological polar surface area (TPSA) is 62.5 Å². The van der Waals surface area contributed by atoms with Gasteiger partial charge in [-0.15, -0.1) is 5.10 Å². The van der Waals surface area contributed by atoms with Gasteiger partial charge in [0.05, 0.1) is 11.4 Å². The number of imidazole rings is 1. The molecule has 0 unspecified atom stereocenters. The molecule has 3 aromatic heterocycles. The first-order valence-electron chi connectivity index (χ1n) is 7.75. The third kappa shape index (κ3) is 2.52. The van der Waals surface area contributed by atoms with Crippen LogP contribution in [0.4, 0.5) is 10.9 Å². The standard InChI is InChI=1S/C15H19N7S/c1-10-11(2)22-13(16-10)4-5-14(18-22)20-6-8-21(9-7-20)15-17-12(3)19-23-15/h4-5H,6-9H2,1-3H3. The summed E-state index contributed by atoms with van der Waals surface area (Å²) in [5.74, 6) is 1.86. The first kappa shape index (κ1) is 14.4. The van der Waals surface area contributed by atoms with E-state index in [1.165, 1.54) is 11.5 Å². The number of rotatable bonds is 2. The zero-order valence-electron chi connectivity index (χ0n) is 13.5. The van der Waals surface area contributed by atoms with Crippen LogP contribution in [0.5, 0.6) is 0 Å². The highest BCUT2D eigenvalue weighted by atomic mass is 32.1. The van der Waals surface area contributed by atoms with Gasteiger partial charge in [0.25, 0.3) is 0 Å². The van der Waals surface area contributed by atoms with E-state index in [0.29, 0.717) is 0 Å². The van der Waals surface area contributed by atoms with Crippen LogP contribution >= 0.6 is 11.5 Å². The Morgan fingerprint density at radius 1 is 0.957 bits per heavy atom. The van der Waals surface area contributed by atoms with Crippen LogP contribution in [0.2, 0.25) is 0 Å². The van der Waals surface area contributed by atoms with Crippen LogP contribution in [0.3, 0.4) is 0 Å². The maximum atomic E-state index is 4.76. The van der Waals surface area contributed by atoms with Crippen LogP contribution in [-0.2, 0) is 0 Å². The second-order valence-electron chi connectivity index (χ2n) is 5.84. The van der Waals surface area contributed by atoms with Crippen molar-refractivity contribution in [3.63, 3.8) is 0 Å². The van der Waals surface area contributed by atoms with Crippen molar-refractivity contribution in [3.8, 4) is 0 Å². The van der Waals surface area contributed by atoms with Gasteiger partial charge in [-0.1, -0.05) is 0 Å². The molecule has 23 heavy (non-hydrogen) atoms. The Balaban J connectivity index is 1.53. The number of piperazine rings is 1. The van der Waals surface area contributed by atoms with Crippen molar-refractivity contribution in [1.82, 2.24) is 24.0 Å². The lowest BCUT2D eigenvalue weighted by Crippen LogP contribution is -2.47. The van der Waals surface area contributed by atoms with E-state index >= 15 is 0 Å². The fourth-order valence-electron chi connectivity index (χ4n) is 2.85. The Hall–Kier alpha value is -2.22. The molecule has 0 N–H and O–H groups in total. The lowest BCUT2D eigenvalue weighted by Gasteiger charge is -2.34. The second-order valence-corrected chi connectivity index (χ2v) is 6.57. The lowest BCUT2D eigenvalue weighted by atomic mass is 10.3. The third-order valence-electron chi connectivity index (χ3n) is 4.32. The minimum absolute atomic E-state index is 0.852. The Kier molecular flexibility index (Phi) is 3.41. The average molecular weight is 329 g/mol. The predicted molar refractivity (Wildman–Crippen MR) is 91.5 cm³/mol. The number of hydrogen-bond acceptors (Lipinski definition) is 7. The molecular formula is C15H19N7S. The molecule has 0 aliphatic carbocycles. The fraction of sp³-hybridized carbons (Fsp3) is 0.467. The van der Waals surface area contributed by atoms with Crippen molar-refractivity contribution < 1.29 is 0 Å². The van der Waals surface area contributed by atoms with Crippen LogP contribution in [0.1, 0.15) is 17.2 Å². The molecule has 0 radical (unpaired) electrons. The highest BCUT2D eigenvalue weighted by molar-refractivity contribution is 7.09. The van der Waals surface area contributed by atoms with Gasteiger partial charge in [0.15, 0.2) is 5.65 Å². The molecule has 0 bridgehead atoms. The van der Waals surface area contributed by atoms with Crippen LogP contribution in [0, 0.1) is 20.8 Å². The average Bonchev–Trinajstić information content (AvgIpc) is 3.12. The second kappa shape index (κ2) is 5.45. The van der Waals surface area contributed by atoms with E-state index in [1.54, 1.807) is 0 Å². The Bertz CT molecular complexity index is 845. The highest BCUT2D eigenvalue weighted by Crippen LogP contribution is 2.21. The molecule has 8 heteroatoms. The van der Waals surface area contributed by atoms with E-state index in [2.05, 4.69) is 37.1 Å². The van der Waals surface area contributed by atoms with Crippen molar-refractivity contribution in [2.75, 3.05) is 36.0 Å². The van der Waals surface area contributed by atoms with Gasteiger partial charge in [-0.2, -0.15) is 4.37 Å². The number of fused-ring (bicyclic) bond motifs is 1. The number of anilines is 2. The van der Waals surface area contributed by atoms with Crippen LogP contribution in [0.15, 0.2) is 12.1 Å². The number of hydrogen-bond donors (Lipinski definition) is 0. The van der Waals surface area contributed by atoms with Gasteiger partial charge < -0.3 is 9.80 Å². The summed E-state index contributed by atoms with van der Waals surface area (Å²) in [5, 5.41) is 5.78. The molecule has 4 heterocycles.